The van der Waals surface area contributed by atoms with Crippen molar-refractivity contribution < 1.29 is 19.1 Å². The molecule has 2 aromatic heterocycles. The van der Waals surface area contributed by atoms with Gasteiger partial charge in [-0.05, 0) is 35.7 Å². The molecule has 0 radical (unpaired) electrons. The molecule has 37 heavy (non-hydrogen) atoms. The van der Waals surface area contributed by atoms with E-state index in [9.17, 15) is 14.4 Å². The summed E-state index contributed by atoms with van der Waals surface area (Å²) < 4.78 is 6.81. The van der Waals surface area contributed by atoms with E-state index in [0.717, 1.165) is 40.7 Å². The average Bonchev–Trinajstić information content (AvgIpc) is 3.58. The van der Waals surface area contributed by atoms with Crippen molar-refractivity contribution in [1.29, 1.82) is 0 Å². The van der Waals surface area contributed by atoms with Gasteiger partial charge in [-0.3, -0.25) is 9.59 Å². The summed E-state index contributed by atoms with van der Waals surface area (Å²) in [6.07, 6.45) is 6.56. The van der Waals surface area contributed by atoms with E-state index in [1.807, 2.05) is 41.1 Å². The predicted octanol–water partition coefficient (Wildman–Crippen LogP) is 2.93. The number of fused-ring (bicyclic) bond motifs is 4. The van der Waals surface area contributed by atoms with Crippen molar-refractivity contribution in [3.8, 4) is 0 Å². The molecule has 9 heteroatoms. The molecule has 0 bridgehead atoms. The van der Waals surface area contributed by atoms with Gasteiger partial charge in [0.1, 0.15) is 6.04 Å². The number of H-pyrrole nitrogens is 1. The number of methoxy groups -OCH3 is 1. The molecule has 2 aromatic carbocycles. The van der Waals surface area contributed by atoms with Crippen LogP contribution < -0.4 is 0 Å². The number of aromatic nitrogens is 3. The Morgan fingerprint density at radius 3 is 2.68 bits per heavy atom. The summed E-state index contributed by atoms with van der Waals surface area (Å²) in [6, 6.07) is 14.0. The molecule has 6 rings (SSSR count). The zero-order valence-electron chi connectivity index (χ0n) is 20.5. The van der Waals surface area contributed by atoms with Crippen LogP contribution in [-0.2, 0) is 27.3 Å². The monoisotopic (exact) mass is 497 g/mol. The maximum absolute atomic E-state index is 13.8. The Bertz CT molecular complexity index is 1470. The molecular weight excluding hydrogens is 470 g/mol. The van der Waals surface area contributed by atoms with E-state index >= 15 is 0 Å². The average molecular weight is 498 g/mol. The fourth-order valence-electron chi connectivity index (χ4n) is 5.64. The molecule has 2 aliphatic heterocycles. The molecule has 2 aliphatic rings. The summed E-state index contributed by atoms with van der Waals surface area (Å²) in [7, 11) is 1.35. The Morgan fingerprint density at radius 2 is 1.92 bits per heavy atom. The topological polar surface area (TPSA) is 101 Å². The van der Waals surface area contributed by atoms with E-state index in [0.29, 0.717) is 18.5 Å². The molecule has 2 amide bonds. The van der Waals surface area contributed by atoms with E-state index in [-0.39, 0.29) is 18.4 Å². The third-order valence-electron chi connectivity index (χ3n) is 7.39. The van der Waals surface area contributed by atoms with Crippen LogP contribution in [0.5, 0.6) is 0 Å². The third-order valence-corrected chi connectivity index (χ3v) is 7.39. The van der Waals surface area contributed by atoms with Crippen molar-refractivity contribution >= 4 is 28.7 Å². The third kappa shape index (κ3) is 3.96. The van der Waals surface area contributed by atoms with Gasteiger partial charge in [-0.1, -0.05) is 30.3 Å². The molecule has 0 unspecified atom stereocenters. The quantitative estimate of drug-likeness (QED) is 0.413. The van der Waals surface area contributed by atoms with Gasteiger partial charge in [0, 0.05) is 48.5 Å². The highest BCUT2D eigenvalue weighted by Gasteiger charge is 2.48. The van der Waals surface area contributed by atoms with E-state index < -0.39 is 18.1 Å². The fourth-order valence-corrected chi connectivity index (χ4v) is 5.64. The van der Waals surface area contributed by atoms with Crippen LogP contribution in [0.4, 0.5) is 0 Å². The van der Waals surface area contributed by atoms with Gasteiger partial charge in [-0.2, -0.15) is 0 Å². The minimum absolute atomic E-state index is 0.0302. The van der Waals surface area contributed by atoms with Crippen molar-refractivity contribution in [2.24, 2.45) is 0 Å². The Labute approximate surface area is 213 Å². The Balaban J connectivity index is 1.36. The molecule has 0 spiro atoms. The minimum atomic E-state index is -0.591. The van der Waals surface area contributed by atoms with Gasteiger partial charge in [0.2, 0.25) is 11.8 Å². The molecule has 4 heterocycles. The lowest BCUT2D eigenvalue weighted by molar-refractivity contribution is -0.158. The predicted molar refractivity (Wildman–Crippen MR) is 136 cm³/mol. The first-order chi connectivity index (χ1) is 18.0. The fraction of sp³-hybridized carbons (Fsp3) is 0.286. The lowest BCUT2D eigenvalue weighted by Gasteiger charge is -2.47. The van der Waals surface area contributed by atoms with Crippen molar-refractivity contribution in [2.75, 3.05) is 20.2 Å². The number of piperazine rings is 1. The Hall–Kier alpha value is -4.40. The van der Waals surface area contributed by atoms with Crippen LogP contribution in [0.2, 0.25) is 0 Å². The largest absolute Gasteiger partial charge is 0.465 e. The molecule has 2 atom stereocenters. The van der Waals surface area contributed by atoms with Gasteiger partial charge in [-0.25, -0.2) is 9.78 Å². The molecule has 188 valence electrons. The lowest BCUT2D eigenvalue weighted by Crippen LogP contribution is -2.63. The lowest BCUT2D eigenvalue weighted by atomic mass is 9.86. The highest BCUT2D eigenvalue weighted by atomic mass is 16.5. The Kier molecular flexibility index (Phi) is 5.75. The van der Waals surface area contributed by atoms with E-state index in [4.69, 9.17) is 4.74 Å². The number of benzene rings is 2. The molecule has 9 nitrogen and oxygen atoms in total. The van der Waals surface area contributed by atoms with Crippen LogP contribution in [0.25, 0.3) is 10.9 Å². The summed E-state index contributed by atoms with van der Waals surface area (Å²) >= 11 is 0. The van der Waals surface area contributed by atoms with Crippen LogP contribution in [0, 0.1) is 0 Å². The molecule has 4 aromatic rings. The highest BCUT2D eigenvalue weighted by molar-refractivity contribution is 5.97. The minimum Gasteiger partial charge on any atom is -0.465 e. The van der Waals surface area contributed by atoms with E-state index in [1.165, 1.54) is 7.11 Å². The summed E-state index contributed by atoms with van der Waals surface area (Å²) in [6.45, 7) is 1.28. The number of para-hydroxylation sites is 1. The number of aryl methyl sites for hydroxylation is 1. The van der Waals surface area contributed by atoms with Crippen molar-refractivity contribution in [3.05, 3.63) is 89.6 Å². The normalized spacial score (nSPS) is 19.2. The number of ether oxygens (including phenoxy) is 1. The first kappa shape index (κ1) is 23.0. The number of rotatable bonds is 6. The maximum Gasteiger partial charge on any atom is 0.337 e. The summed E-state index contributed by atoms with van der Waals surface area (Å²) in [4.78, 5) is 50.4. The van der Waals surface area contributed by atoms with Crippen LogP contribution in [0.15, 0.2) is 67.3 Å². The van der Waals surface area contributed by atoms with E-state index in [1.54, 1.807) is 34.5 Å². The summed E-state index contributed by atoms with van der Waals surface area (Å²) in [5, 5.41) is 1.06. The van der Waals surface area contributed by atoms with Crippen LogP contribution in [0.3, 0.4) is 0 Å². The Morgan fingerprint density at radius 1 is 1.11 bits per heavy atom. The first-order valence-corrected chi connectivity index (χ1v) is 12.4. The van der Waals surface area contributed by atoms with Gasteiger partial charge in [-0.15, -0.1) is 0 Å². The second-order valence-corrected chi connectivity index (χ2v) is 9.51. The van der Waals surface area contributed by atoms with Gasteiger partial charge in [0.05, 0.1) is 31.6 Å². The van der Waals surface area contributed by atoms with E-state index in [2.05, 4.69) is 16.0 Å². The molecule has 1 fully saturated rings. The second-order valence-electron chi connectivity index (χ2n) is 9.51. The van der Waals surface area contributed by atoms with Gasteiger partial charge in [0.25, 0.3) is 0 Å². The number of imidazole rings is 1. The number of amides is 2. The standard InChI is InChI=1S/C28H27N5O4/c1-37-28(36)19-9-7-18(8-10-19)26-25-21(20-5-2-3-6-22(20)30-25)15-23-27(35)32(16-24(34)33(23)26)13-4-12-31-14-11-29-17-31/h2-3,5-11,14,17,23,26,30H,4,12-13,15-16H2,1H3/t23-,26+/m0/s1. The molecule has 0 aliphatic carbocycles. The zero-order valence-corrected chi connectivity index (χ0v) is 20.5. The second kappa shape index (κ2) is 9.24. The number of nitrogens with zero attached hydrogens (tertiary/aromatic N) is 4. The number of hydrogen-bond donors (Lipinski definition) is 1. The summed E-state index contributed by atoms with van der Waals surface area (Å²) in [5.74, 6) is -0.536. The number of carbonyl (C=O) groups excluding carboxylic acids is 3. The van der Waals surface area contributed by atoms with Crippen LogP contribution in [-0.4, -0.2) is 68.4 Å². The van der Waals surface area contributed by atoms with Crippen LogP contribution >= 0.6 is 0 Å². The number of hydrogen-bond acceptors (Lipinski definition) is 5. The zero-order chi connectivity index (χ0) is 25.5. The number of aromatic amines is 1. The van der Waals surface area contributed by atoms with Crippen molar-refractivity contribution in [2.45, 2.75) is 31.5 Å². The number of nitrogens with one attached hydrogen (secondary N) is 1. The molecule has 1 saturated heterocycles. The smallest absolute Gasteiger partial charge is 0.337 e. The molecular formula is C28H27N5O4. The number of esters is 1. The maximum atomic E-state index is 13.8. The van der Waals surface area contributed by atoms with Gasteiger partial charge in [0.15, 0.2) is 0 Å². The molecule has 0 saturated carbocycles. The van der Waals surface area contributed by atoms with Gasteiger partial charge >= 0.3 is 5.97 Å². The summed E-state index contributed by atoms with van der Waals surface area (Å²) in [5.41, 5.74) is 4.21. The van der Waals surface area contributed by atoms with Gasteiger partial charge < -0.3 is 24.1 Å². The highest BCUT2D eigenvalue weighted by Crippen LogP contribution is 2.42. The first-order valence-electron chi connectivity index (χ1n) is 12.4. The van der Waals surface area contributed by atoms with Crippen molar-refractivity contribution in [1.82, 2.24) is 24.3 Å². The molecule has 1 N–H and O–H groups in total. The number of carbonyl (C=O) groups is 3. The SMILES string of the molecule is COC(=O)c1ccc([C@@H]2c3[nH]c4ccccc4c3C[C@H]3C(=O)N(CCCn4ccnc4)CC(=O)N23)cc1. The van der Waals surface area contributed by atoms with Crippen LogP contribution in [0.1, 0.15) is 39.6 Å². The van der Waals surface area contributed by atoms with Crippen molar-refractivity contribution in [3.63, 3.8) is 0 Å².